The number of nitrogens with one attached hydrogen (secondary N) is 1. The number of carboxylic acid groups (broad SMARTS) is 1. The first kappa shape index (κ1) is 13.0. The molecule has 0 saturated carbocycles. The summed E-state index contributed by atoms with van der Waals surface area (Å²) in [5.41, 5.74) is 3.03. The van der Waals surface area contributed by atoms with Gasteiger partial charge in [0.15, 0.2) is 0 Å². The van der Waals surface area contributed by atoms with E-state index >= 15 is 0 Å². The van der Waals surface area contributed by atoms with Gasteiger partial charge in [0.2, 0.25) is 0 Å². The molecular formula is C12H15NO4. The van der Waals surface area contributed by atoms with Crippen molar-refractivity contribution in [2.45, 2.75) is 20.5 Å². The zero-order valence-electron chi connectivity index (χ0n) is 9.82. The molecule has 1 aromatic carbocycles. The highest BCUT2D eigenvalue weighted by molar-refractivity contribution is 5.76. The van der Waals surface area contributed by atoms with Crippen molar-refractivity contribution in [1.82, 2.24) is 5.32 Å². The van der Waals surface area contributed by atoms with Crippen LogP contribution in [-0.4, -0.2) is 23.7 Å². The lowest BCUT2D eigenvalue weighted by atomic mass is 10.1. The van der Waals surface area contributed by atoms with Crippen LogP contribution in [-0.2, 0) is 16.1 Å². The van der Waals surface area contributed by atoms with E-state index in [4.69, 9.17) is 9.84 Å². The van der Waals surface area contributed by atoms with Crippen LogP contribution in [0, 0.1) is 13.8 Å². The van der Waals surface area contributed by atoms with Crippen LogP contribution in [0.2, 0.25) is 0 Å². The van der Waals surface area contributed by atoms with E-state index in [0.29, 0.717) is 0 Å². The van der Waals surface area contributed by atoms with Crippen LogP contribution in [0.1, 0.15) is 16.7 Å². The summed E-state index contributed by atoms with van der Waals surface area (Å²) in [6.45, 7) is 3.57. The normalized spacial score (nSPS) is 9.76. The molecule has 0 atom stereocenters. The molecule has 0 aliphatic heterocycles. The quantitative estimate of drug-likeness (QED) is 0.834. The fraction of sp³-hybridized carbons (Fsp3) is 0.333. The SMILES string of the molecule is Cc1ccc(C)c(COC(=O)NCC(=O)O)c1. The Labute approximate surface area is 99.4 Å². The second-order valence-corrected chi connectivity index (χ2v) is 3.75. The van der Waals surface area contributed by atoms with Crippen LogP contribution in [0.5, 0.6) is 0 Å². The van der Waals surface area contributed by atoms with Crippen LogP contribution >= 0.6 is 0 Å². The molecule has 0 saturated heterocycles. The van der Waals surface area contributed by atoms with Gasteiger partial charge in [-0.1, -0.05) is 23.8 Å². The average molecular weight is 237 g/mol. The molecule has 0 heterocycles. The second-order valence-electron chi connectivity index (χ2n) is 3.75. The fourth-order valence-corrected chi connectivity index (χ4v) is 1.30. The maximum Gasteiger partial charge on any atom is 0.407 e. The molecule has 5 nitrogen and oxygen atoms in total. The number of benzene rings is 1. The predicted molar refractivity (Wildman–Crippen MR) is 61.7 cm³/mol. The minimum Gasteiger partial charge on any atom is -0.480 e. The van der Waals surface area contributed by atoms with Gasteiger partial charge in [-0.3, -0.25) is 4.79 Å². The van der Waals surface area contributed by atoms with Crippen molar-refractivity contribution < 1.29 is 19.4 Å². The lowest BCUT2D eigenvalue weighted by Gasteiger charge is -2.08. The number of aliphatic carboxylic acids is 1. The number of carboxylic acids is 1. The summed E-state index contributed by atoms with van der Waals surface area (Å²) in [6.07, 6.45) is -0.728. The highest BCUT2D eigenvalue weighted by Crippen LogP contribution is 2.11. The molecule has 0 unspecified atom stereocenters. The zero-order valence-corrected chi connectivity index (χ0v) is 9.82. The summed E-state index contributed by atoms with van der Waals surface area (Å²) >= 11 is 0. The first-order chi connectivity index (χ1) is 7.99. The number of rotatable bonds is 4. The van der Waals surface area contributed by atoms with E-state index in [1.165, 1.54) is 0 Å². The van der Waals surface area contributed by atoms with Crippen molar-refractivity contribution in [3.63, 3.8) is 0 Å². The van der Waals surface area contributed by atoms with Gasteiger partial charge in [-0.25, -0.2) is 4.79 Å². The largest absolute Gasteiger partial charge is 0.480 e. The van der Waals surface area contributed by atoms with Gasteiger partial charge < -0.3 is 15.2 Å². The van der Waals surface area contributed by atoms with Crippen molar-refractivity contribution in [1.29, 1.82) is 0 Å². The lowest BCUT2D eigenvalue weighted by molar-refractivity contribution is -0.135. The molecule has 1 aromatic rings. The molecule has 0 aromatic heterocycles. The van der Waals surface area contributed by atoms with Crippen LogP contribution in [0.4, 0.5) is 4.79 Å². The van der Waals surface area contributed by atoms with Gasteiger partial charge in [-0.05, 0) is 25.0 Å². The summed E-state index contributed by atoms with van der Waals surface area (Å²) < 4.78 is 4.90. The number of hydrogen-bond donors (Lipinski definition) is 2. The molecule has 0 aliphatic carbocycles. The van der Waals surface area contributed by atoms with E-state index in [1.54, 1.807) is 0 Å². The third kappa shape index (κ3) is 4.55. The zero-order chi connectivity index (χ0) is 12.8. The maximum absolute atomic E-state index is 11.1. The van der Waals surface area contributed by atoms with Crippen LogP contribution < -0.4 is 5.32 Å². The molecule has 0 spiro atoms. The van der Waals surface area contributed by atoms with E-state index in [1.807, 2.05) is 32.0 Å². The number of amides is 1. The molecule has 5 heteroatoms. The van der Waals surface area contributed by atoms with Gasteiger partial charge in [-0.15, -0.1) is 0 Å². The predicted octanol–water partition coefficient (Wildman–Crippen LogP) is 1.61. The minimum absolute atomic E-state index is 0.138. The van der Waals surface area contributed by atoms with Crippen LogP contribution in [0.25, 0.3) is 0 Å². The fourth-order valence-electron chi connectivity index (χ4n) is 1.30. The smallest absolute Gasteiger partial charge is 0.407 e. The number of carbonyl (C=O) groups is 2. The van der Waals surface area contributed by atoms with E-state index in [2.05, 4.69) is 5.32 Å². The third-order valence-electron chi connectivity index (χ3n) is 2.25. The lowest BCUT2D eigenvalue weighted by Crippen LogP contribution is -2.29. The number of alkyl carbamates (subject to hydrolysis) is 1. The van der Waals surface area contributed by atoms with Crippen molar-refractivity contribution in [2.24, 2.45) is 0 Å². The molecule has 1 rings (SSSR count). The topological polar surface area (TPSA) is 75.6 Å². The minimum atomic E-state index is -1.10. The molecule has 0 bridgehead atoms. The molecule has 2 N–H and O–H groups in total. The summed E-state index contributed by atoms with van der Waals surface area (Å²) in [5.74, 6) is -1.10. The Kier molecular flexibility index (Phi) is 4.51. The van der Waals surface area contributed by atoms with Gasteiger partial charge in [0.1, 0.15) is 13.2 Å². The van der Waals surface area contributed by atoms with Gasteiger partial charge in [0, 0.05) is 0 Å². The highest BCUT2D eigenvalue weighted by Gasteiger charge is 2.06. The standard InChI is InChI=1S/C12H15NO4/c1-8-3-4-9(2)10(5-8)7-17-12(16)13-6-11(14)15/h3-5H,6-7H2,1-2H3,(H,13,16)(H,14,15). The first-order valence-electron chi connectivity index (χ1n) is 5.17. The number of ether oxygens (including phenoxy) is 1. The molecule has 0 radical (unpaired) electrons. The summed E-state index contributed by atoms with van der Waals surface area (Å²) in [5, 5.41) is 10.5. The number of aryl methyl sites for hydroxylation is 2. The average Bonchev–Trinajstić information content (AvgIpc) is 2.27. The van der Waals surface area contributed by atoms with Crippen molar-refractivity contribution in [3.8, 4) is 0 Å². The van der Waals surface area contributed by atoms with Crippen molar-refractivity contribution in [2.75, 3.05) is 6.54 Å². The highest BCUT2D eigenvalue weighted by atomic mass is 16.5. The van der Waals surface area contributed by atoms with Gasteiger partial charge in [0.25, 0.3) is 0 Å². The Morgan fingerprint density at radius 3 is 2.71 bits per heavy atom. The Morgan fingerprint density at radius 1 is 1.35 bits per heavy atom. The molecule has 92 valence electrons. The third-order valence-corrected chi connectivity index (χ3v) is 2.25. The Bertz CT molecular complexity index is 429. The summed E-state index contributed by atoms with van der Waals surface area (Å²) in [7, 11) is 0. The van der Waals surface area contributed by atoms with E-state index in [9.17, 15) is 9.59 Å². The van der Waals surface area contributed by atoms with Crippen molar-refractivity contribution in [3.05, 3.63) is 34.9 Å². The van der Waals surface area contributed by atoms with E-state index < -0.39 is 18.6 Å². The van der Waals surface area contributed by atoms with Gasteiger partial charge in [-0.2, -0.15) is 0 Å². The van der Waals surface area contributed by atoms with Crippen LogP contribution in [0.3, 0.4) is 0 Å². The summed E-state index contributed by atoms with van der Waals surface area (Å²) in [6, 6.07) is 5.85. The monoisotopic (exact) mass is 237 g/mol. The first-order valence-corrected chi connectivity index (χ1v) is 5.17. The Balaban J connectivity index is 2.47. The van der Waals surface area contributed by atoms with Crippen LogP contribution in [0.15, 0.2) is 18.2 Å². The number of hydrogen-bond acceptors (Lipinski definition) is 3. The molecular weight excluding hydrogens is 222 g/mol. The van der Waals surface area contributed by atoms with Gasteiger partial charge in [0.05, 0.1) is 0 Å². The molecule has 17 heavy (non-hydrogen) atoms. The molecule has 0 fully saturated rings. The summed E-state index contributed by atoms with van der Waals surface area (Å²) in [4.78, 5) is 21.3. The Morgan fingerprint density at radius 2 is 2.06 bits per heavy atom. The number of carbonyl (C=O) groups excluding carboxylic acids is 1. The molecule has 1 amide bonds. The van der Waals surface area contributed by atoms with Gasteiger partial charge >= 0.3 is 12.1 Å². The van der Waals surface area contributed by atoms with E-state index in [0.717, 1.165) is 16.7 Å². The maximum atomic E-state index is 11.1. The molecule has 0 aliphatic rings. The van der Waals surface area contributed by atoms with Crippen molar-refractivity contribution >= 4 is 12.1 Å². The second kappa shape index (κ2) is 5.89. The van der Waals surface area contributed by atoms with E-state index in [-0.39, 0.29) is 6.61 Å². The Hall–Kier alpha value is -2.04.